The highest BCUT2D eigenvalue weighted by atomic mass is 32.2. The molecular weight excluding hydrogens is 248 g/mol. The first-order valence-corrected chi connectivity index (χ1v) is 7.69. The van der Waals surface area contributed by atoms with Gasteiger partial charge >= 0.3 is 0 Å². The quantitative estimate of drug-likeness (QED) is 0.886. The molecule has 0 saturated heterocycles. The molecule has 4 nitrogen and oxygen atoms in total. The molecule has 18 heavy (non-hydrogen) atoms. The second-order valence-electron chi connectivity index (χ2n) is 4.38. The average Bonchev–Trinajstić information content (AvgIpc) is 2.61. The van der Waals surface area contributed by atoms with Gasteiger partial charge in [0, 0.05) is 18.0 Å². The molecule has 0 aromatic heterocycles. The van der Waals surface area contributed by atoms with Crippen molar-refractivity contribution in [2.45, 2.75) is 37.6 Å². The van der Waals surface area contributed by atoms with E-state index >= 15 is 0 Å². The highest BCUT2D eigenvalue weighted by Crippen LogP contribution is 2.27. The number of nitrogens with zero attached hydrogens (tertiary/aromatic N) is 1. The molecule has 1 aliphatic heterocycles. The van der Waals surface area contributed by atoms with Gasteiger partial charge in [0.2, 0.25) is 0 Å². The van der Waals surface area contributed by atoms with E-state index in [-0.39, 0.29) is 6.04 Å². The maximum Gasteiger partial charge on any atom is 0.283 e. The van der Waals surface area contributed by atoms with Crippen LogP contribution in [0.5, 0.6) is 0 Å². The van der Waals surface area contributed by atoms with Crippen molar-refractivity contribution in [2.75, 3.05) is 6.54 Å². The summed E-state index contributed by atoms with van der Waals surface area (Å²) in [5.41, 5.74) is 1.44. The minimum absolute atomic E-state index is 0.273. The standard InChI is InChI=1S/C13H18N2O2S/c1-3-10(14-4-2)9-12-11-7-5-6-8-13(11)18(16,17)15-12/h5-8,10,14H,3-4,9H2,1-2H3. The van der Waals surface area contributed by atoms with Crippen LogP contribution in [0.3, 0.4) is 0 Å². The van der Waals surface area contributed by atoms with Gasteiger partial charge in [0.1, 0.15) is 0 Å². The second kappa shape index (κ2) is 5.20. The Morgan fingerprint density at radius 2 is 2.00 bits per heavy atom. The van der Waals surface area contributed by atoms with Gasteiger partial charge in [0.05, 0.1) is 10.6 Å². The van der Waals surface area contributed by atoms with Crippen LogP contribution in [0.1, 0.15) is 32.3 Å². The van der Waals surface area contributed by atoms with E-state index in [2.05, 4.69) is 16.6 Å². The van der Waals surface area contributed by atoms with Gasteiger partial charge in [-0.1, -0.05) is 32.0 Å². The lowest BCUT2D eigenvalue weighted by Gasteiger charge is -2.15. The van der Waals surface area contributed by atoms with E-state index in [1.165, 1.54) is 0 Å². The molecule has 2 rings (SSSR count). The van der Waals surface area contributed by atoms with Gasteiger partial charge in [-0.3, -0.25) is 0 Å². The fourth-order valence-electron chi connectivity index (χ4n) is 2.20. The molecule has 1 aliphatic rings. The smallest absolute Gasteiger partial charge is 0.283 e. The fourth-order valence-corrected chi connectivity index (χ4v) is 3.48. The van der Waals surface area contributed by atoms with Crippen molar-refractivity contribution in [3.8, 4) is 0 Å². The van der Waals surface area contributed by atoms with Gasteiger partial charge in [-0.25, -0.2) is 0 Å². The predicted molar refractivity (Wildman–Crippen MR) is 72.5 cm³/mol. The first-order chi connectivity index (χ1) is 8.58. The van der Waals surface area contributed by atoms with Crippen molar-refractivity contribution in [1.82, 2.24) is 5.32 Å². The Labute approximate surface area is 108 Å². The minimum atomic E-state index is -3.46. The molecular formula is C13H18N2O2S. The lowest BCUT2D eigenvalue weighted by atomic mass is 10.0. The SMILES string of the molecule is CCNC(CC)CC1=NS(=O)(=O)c2ccccc21. The molecule has 1 unspecified atom stereocenters. The molecule has 0 bridgehead atoms. The normalized spacial score (nSPS) is 18.2. The molecule has 1 aromatic rings. The molecule has 0 amide bonds. The maximum atomic E-state index is 11.9. The number of rotatable bonds is 5. The van der Waals surface area contributed by atoms with Gasteiger partial charge in [-0.2, -0.15) is 12.8 Å². The Bertz CT molecular complexity index is 564. The third-order valence-corrected chi connectivity index (χ3v) is 4.50. The number of hydrogen-bond donors (Lipinski definition) is 1. The van der Waals surface area contributed by atoms with Crippen molar-refractivity contribution >= 4 is 15.7 Å². The molecule has 98 valence electrons. The third kappa shape index (κ3) is 2.47. The predicted octanol–water partition coefficient (Wildman–Crippen LogP) is 1.96. The van der Waals surface area contributed by atoms with Crippen molar-refractivity contribution in [3.05, 3.63) is 29.8 Å². The van der Waals surface area contributed by atoms with Crippen LogP contribution in [-0.2, 0) is 10.0 Å². The minimum Gasteiger partial charge on any atom is -0.314 e. The molecule has 0 saturated carbocycles. The van der Waals surface area contributed by atoms with E-state index < -0.39 is 10.0 Å². The first-order valence-electron chi connectivity index (χ1n) is 6.25. The zero-order valence-corrected chi connectivity index (χ0v) is 11.5. The van der Waals surface area contributed by atoms with Crippen LogP contribution in [-0.4, -0.2) is 26.7 Å². The highest BCUT2D eigenvalue weighted by Gasteiger charge is 2.28. The Balaban J connectivity index is 2.31. The summed E-state index contributed by atoms with van der Waals surface area (Å²) < 4.78 is 27.7. The summed E-state index contributed by atoms with van der Waals surface area (Å²) in [6, 6.07) is 7.31. The van der Waals surface area contributed by atoms with E-state index in [4.69, 9.17) is 0 Å². The van der Waals surface area contributed by atoms with Gasteiger partial charge < -0.3 is 5.32 Å². The third-order valence-electron chi connectivity index (χ3n) is 3.13. The monoisotopic (exact) mass is 266 g/mol. The highest BCUT2D eigenvalue weighted by molar-refractivity contribution is 7.90. The number of sulfonamides is 1. The number of benzene rings is 1. The lowest BCUT2D eigenvalue weighted by Crippen LogP contribution is -2.30. The van der Waals surface area contributed by atoms with Gasteiger partial charge in [-0.05, 0) is 19.0 Å². The molecule has 1 N–H and O–H groups in total. The van der Waals surface area contributed by atoms with Crippen LogP contribution in [0.2, 0.25) is 0 Å². The Hall–Kier alpha value is -1.20. The van der Waals surface area contributed by atoms with Crippen LogP contribution < -0.4 is 5.32 Å². The molecule has 0 aliphatic carbocycles. The van der Waals surface area contributed by atoms with Gasteiger partial charge in [-0.15, -0.1) is 0 Å². The van der Waals surface area contributed by atoms with Crippen molar-refractivity contribution in [1.29, 1.82) is 0 Å². The van der Waals surface area contributed by atoms with Crippen molar-refractivity contribution < 1.29 is 8.42 Å². The van der Waals surface area contributed by atoms with Crippen molar-refractivity contribution in [3.63, 3.8) is 0 Å². The Morgan fingerprint density at radius 3 is 2.67 bits per heavy atom. The molecule has 1 atom stereocenters. The zero-order chi connectivity index (χ0) is 13.2. The van der Waals surface area contributed by atoms with E-state index in [9.17, 15) is 8.42 Å². The summed E-state index contributed by atoms with van der Waals surface area (Å²) in [7, 11) is -3.46. The summed E-state index contributed by atoms with van der Waals surface area (Å²) in [6.07, 6.45) is 1.61. The summed E-state index contributed by atoms with van der Waals surface area (Å²) in [6.45, 7) is 5.01. The molecule has 0 spiro atoms. The Morgan fingerprint density at radius 1 is 1.28 bits per heavy atom. The molecule has 0 radical (unpaired) electrons. The maximum absolute atomic E-state index is 11.9. The average molecular weight is 266 g/mol. The fraction of sp³-hybridized carbons (Fsp3) is 0.462. The van der Waals surface area contributed by atoms with Gasteiger partial charge in [0.15, 0.2) is 0 Å². The summed E-state index contributed by atoms with van der Waals surface area (Å²) >= 11 is 0. The lowest BCUT2D eigenvalue weighted by molar-refractivity contribution is 0.528. The second-order valence-corrected chi connectivity index (χ2v) is 5.95. The Kier molecular flexibility index (Phi) is 3.82. The van der Waals surface area contributed by atoms with Crippen LogP contribution >= 0.6 is 0 Å². The van der Waals surface area contributed by atoms with E-state index in [1.807, 2.05) is 19.1 Å². The molecule has 1 aromatic carbocycles. The number of hydrogen-bond acceptors (Lipinski definition) is 3. The molecule has 0 fully saturated rings. The van der Waals surface area contributed by atoms with E-state index in [0.29, 0.717) is 17.0 Å². The summed E-state index contributed by atoms with van der Waals surface area (Å²) in [4.78, 5) is 0.339. The molecule has 1 heterocycles. The first kappa shape index (κ1) is 13.2. The summed E-state index contributed by atoms with van der Waals surface area (Å²) in [5, 5.41) is 3.34. The van der Waals surface area contributed by atoms with Crippen LogP contribution in [0.15, 0.2) is 33.6 Å². The largest absolute Gasteiger partial charge is 0.314 e. The van der Waals surface area contributed by atoms with Crippen molar-refractivity contribution in [2.24, 2.45) is 4.40 Å². The van der Waals surface area contributed by atoms with E-state index in [0.717, 1.165) is 18.5 Å². The van der Waals surface area contributed by atoms with Crippen LogP contribution in [0, 0.1) is 0 Å². The number of fused-ring (bicyclic) bond motifs is 1. The number of nitrogens with one attached hydrogen (secondary N) is 1. The zero-order valence-electron chi connectivity index (χ0n) is 10.7. The van der Waals surface area contributed by atoms with Crippen LogP contribution in [0.4, 0.5) is 0 Å². The topological polar surface area (TPSA) is 58.5 Å². The van der Waals surface area contributed by atoms with E-state index in [1.54, 1.807) is 12.1 Å². The summed E-state index contributed by atoms with van der Waals surface area (Å²) in [5.74, 6) is 0. The molecule has 5 heteroatoms. The van der Waals surface area contributed by atoms with Gasteiger partial charge in [0.25, 0.3) is 10.0 Å². The van der Waals surface area contributed by atoms with Crippen LogP contribution in [0.25, 0.3) is 0 Å².